The fraction of sp³-hybridized carbons (Fsp3) is 0.190. The molecule has 0 bridgehead atoms. The van der Waals surface area contributed by atoms with Gasteiger partial charge in [-0.15, -0.1) is 0 Å². The van der Waals surface area contributed by atoms with Gasteiger partial charge in [0.1, 0.15) is 12.7 Å². The Morgan fingerprint density at radius 3 is 2.54 bits per heavy atom. The lowest BCUT2D eigenvalue weighted by molar-refractivity contribution is 0.102. The predicted molar refractivity (Wildman–Crippen MR) is 107 cm³/mol. The van der Waals surface area contributed by atoms with E-state index in [9.17, 15) is 9.18 Å². The number of carbonyl (C=O) groups excluding carboxylic acids is 1. The summed E-state index contributed by atoms with van der Waals surface area (Å²) in [6, 6.07) is 13.3. The van der Waals surface area contributed by atoms with Gasteiger partial charge in [-0.25, -0.2) is 4.68 Å². The highest BCUT2D eigenvalue weighted by Crippen LogP contribution is 2.32. The molecule has 1 heterocycles. The summed E-state index contributed by atoms with van der Waals surface area (Å²) in [4.78, 5) is 17.4. The summed E-state index contributed by atoms with van der Waals surface area (Å²) >= 11 is 0. The Kier molecular flexibility index (Phi) is 5.54. The van der Waals surface area contributed by atoms with E-state index < -0.39 is 11.9 Å². The average Bonchev–Trinajstić information content (AvgIpc) is 2.92. The fourth-order valence-corrected chi connectivity index (χ4v) is 3.08. The molecular weight excluding hydrogens is 359 g/mol. The van der Waals surface area contributed by atoms with Gasteiger partial charge in [0.25, 0.3) is 5.91 Å². The summed E-state index contributed by atoms with van der Waals surface area (Å²) in [5.74, 6) is -1.19. The molecule has 28 heavy (non-hydrogen) atoms. The second-order valence-electron chi connectivity index (χ2n) is 6.37. The molecule has 0 fully saturated rings. The van der Waals surface area contributed by atoms with Crippen LogP contribution in [0.4, 0.5) is 10.1 Å². The van der Waals surface area contributed by atoms with Crippen molar-refractivity contribution in [2.45, 2.75) is 13.8 Å². The lowest BCUT2D eigenvalue weighted by Gasteiger charge is -2.14. The van der Waals surface area contributed by atoms with E-state index in [1.165, 1.54) is 14.2 Å². The molecule has 0 aliphatic heterocycles. The number of aromatic nitrogens is 2. The van der Waals surface area contributed by atoms with E-state index in [1.54, 1.807) is 19.2 Å². The maximum absolute atomic E-state index is 14.2. The molecule has 0 saturated heterocycles. The molecule has 144 valence electrons. The number of nitrogens with one attached hydrogen (secondary N) is 1. The summed E-state index contributed by atoms with van der Waals surface area (Å²) in [7, 11) is 2.95. The van der Waals surface area contributed by atoms with Gasteiger partial charge in [-0.3, -0.25) is 4.79 Å². The predicted octanol–water partition coefficient (Wildman–Crippen LogP) is 4.08. The topological polar surface area (TPSA) is 68.5 Å². The Bertz CT molecular complexity index is 1040. The summed E-state index contributed by atoms with van der Waals surface area (Å²) in [5, 5.41) is 10.5. The highest BCUT2D eigenvalue weighted by atomic mass is 19.1. The van der Waals surface area contributed by atoms with E-state index >= 15 is 0 Å². The minimum absolute atomic E-state index is 0.0546. The number of oxime groups is 1. The molecule has 0 spiro atoms. The number of rotatable bonds is 5. The van der Waals surface area contributed by atoms with Crippen molar-refractivity contribution in [1.29, 1.82) is 0 Å². The first-order valence-corrected chi connectivity index (χ1v) is 8.69. The van der Waals surface area contributed by atoms with Crippen LogP contribution in [0.3, 0.4) is 0 Å². The third-order valence-electron chi connectivity index (χ3n) is 4.41. The zero-order valence-electron chi connectivity index (χ0n) is 16.2. The normalized spacial score (nSPS) is 11.0. The van der Waals surface area contributed by atoms with Gasteiger partial charge >= 0.3 is 0 Å². The van der Waals surface area contributed by atoms with Gasteiger partial charge in [0.15, 0.2) is 0 Å². The number of aryl methyl sites for hydroxylation is 3. The van der Waals surface area contributed by atoms with E-state index in [-0.39, 0.29) is 5.56 Å². The van der Waals surface area contributed by atoms with Crippen LogP contribution in [0.15, 0.2) is 47.6 Å². The Labute approximate surface area is 162 Å². The van der Waals surface area contributed by atoms with Crippen LogP contribution in [0.25, 0.3) is 11.1 Å². The van der Waals surface area contributed by atoms with Crippen molar-refractivity contribution in [2.24, 2.45) is 12.2 Å². The Hall–Kier alpha value is -3.48. The molecular formula is C21H21FN4O2. The molecule has 3 aromatic rings. The molecule has 6 nitrogen and oxygen atoms in total. The fourth-order valence-electron chi connectivity index (χ4n) is 3.08. The summed E-state index contributed by atoms with van der Waals surface area (Å²) < 4.78 is 15.3. The van der Waals surface area contributed by atoms with Crippen LogP contribution >= 0.6 is 0 Å². The molecule has 0 atom stereocenters. The monoisotopic (exact) mass is 380 g/mol. The SMILES string of the molecule is CO/N=C/c1ccc(-c2c(C)cccc2NC(=O)c2c(C)nn(C)c2F)cc1. The van der Waals surface area contributed by atoms with Crippen LogP contribution in [-0.2, 0) is 11.9 Å². The number of nitrogens with zero attached hydrogens (tertiary/aromatic N) is 3. The molecule has 0 aliphatic carbocycles. The molecule has 1 N–H and O–H groups in total. The van der Waals surface area contributed by atoms with Gasteiger partial charge in [-0.1, -0.05) is 41.6 Å². The van der Waals surface area contributed by atoms with Crippen LogP contribution < -0.4 is 5.32 Å². The van der Waals surface area contributed by atoms with E-state index in [2.05, 4.69) is 15.6 Å². The second kappa shape index (κ2) is 8.04. The summed E-state index contributed by atoms with van der Waals surface area (Å²) in [5.41, 5.74) is 4.55. The van der Waals surface area contributed by atoms with Crippen molar-refractivity contribution in [3.63, 3.8) is 0 Å². The zero-order valence-corrected chi connectivity index (χ0v) is 16.2. The number of hydrogen-bond acceptors (Lipinski definition) is 4. The van der Waals surface area contributed by atoms with Gasteiger partial charge < -0.3 is 10.2 Å². The molecule has 0 unspecified atom stereocenters. The van der Waals surface area contributed by atoms with Crippen LogP contribution in [0, 0.1) is 19.8 Å². The first-order valence-electron chi connectivity index (χ1n) is 8.69. The minimum atomic E-state index is -0.661. The molecule has 3 rings (SSSR count). The lowest BCUT2D eigenvalue weighted by Crippen LogP contribution is -2.15. The average molecular weight is 380 g/mol. The van der Waals surface area contributed by atoms with E-state index in [4.69, 9.17) is 4.84 Å². The second-order valence-corrected chi connectivity index (χ2v) is 6.37. The van der Waals surface area contributed by atoms with Gasteiger partial charge in [0, 0.05) is 18.3 Å². The number of hydrogen-bond donors (Lipinski definition) is 1. The number of anilines is 1. The first-order chi connectivity index (χ1) is 13.4. The van der Waals surface area contributed by atoms with Crippen LogP contribution in [0.1, 0.15) is 27.2 Å². The molecule has 7 heteroatoms. The molecule has 0 radical (unpaired) electrons. The number of carbonyl (C=O) groups is 1. The van der Waals surface area contributed by atoms with Crippen LogP contribution in [-0.4, -0.2) is 29.0 Å². The third-order valence-corrected chi connectivity index (χ3v) is 4.41. The maximum Gasteiger partial charge on any atom is 0.262 e. The van der Waals surface area contributed by atoms with Crippen molar-refractivity contribution < 1.29 is 14.0 Å². The summed E-state index contributed by atoms with van der Waals surface area (Å²) in [6.07, 6.45) is 1.61. The van der Waals surface area contributed by atoms with Gasteiger partial charge in [-0.05, 0) is 36.6 Å². The van der Waals surface area contributed by atoms with E-state index in [0.717, 1.165) is 26.9 Å². The molecule has 0 aliphatic rings. The largest absolute Gasteiger partial charge is 0.399 e. The quantitative estimate of drug-likeness (QED) is 0.536. The van der Waals surface area contributed by atoms with Crippen molar-refractivity contribution in [3.8, 4) is 11.1 Å². The zero-order chi connectivity index (χ0) is 20.3. The molecule has 2 aromatic carbocycles. The van der Waals surface area contributed by atoms with Crippen LogP contribution in [0.2, 0.25) is 0 Å². The Balaban J connectivity index is 1.96. The van der Waals surface area contributed by atoms with Crippen LogP contribution in [0.5, 0.6) is 0 Å². The van der Waals surface area contributed by atoms with E-state index in [1.807, 2.05) is 43.3 Å². The Morgan fingerprint density at radius 2 is 1.93 bits per heavy atom. The van der Waals surface area contributed by atoms with Crippen molar-refractivity contribution >= 4 is 17.8 Å². The smallest absolute Gasteiger partial charge is 0.262 e. The van der Waals surface area contributed by atoms with Crippen molar-refractivity contribution in [1.82, 2.24) is 9.78 Å². The number of benzene rings is 2. The summed E-state index contributed by atoms with van der Waals surface area (Å²) in [6.45, 7) is 3.57. The number of halogens is 1. The third kappa shape index (κ3) is 3.78. The number of amides is 1. The van der Waals surface area contributed by atoms with Crippen molar-refractivity contribution in [3.05, 3.63) is 70.8 Å². The van der Waals surface area contributed by atoms with Gasteiger partial charge in [0.2, 0.25) is 5.95 Å². The Morgan fingerprint density at radius 1 is 1.21 bits per heavy atom. The molecule has 1 aromatic heterocycles. The molecule has 1 amide bonds. The lowest BCUT2D eigenvalue weighted by atomic mass is 9.97. The molecule has 0 saturated carbocycles. The van der Waals surface area contributed by atoms with E-state index in [0.29, 0.717) is 11.4 Å². The first kappa shape index (κ1) is 19.3. The highest BCUT2D eigenvalue weighted by Gasteiger charge is 2.21. The van der Waals surface area contributed by atoms with Gasteiger partial charge in [0.05, 0.1) is 11.9 Å². The maximum atomic E-state index is 14.2. The standard InChI is InChI=1S/C21H21FN4O2/c1-13-6-5-7-17(24-21(27)19-14(2)25-26(3)20(19)22)18(13)16-10-8-15(9-11-16)12-23-28-4/h5-12H,1-4H3,(H,24,27)/b23-12+. The highest BCUT2D eigenvalue weighted by molar-refractivity contribution is 6.07. The van der Waals surface area contributed by atoms with Gasteiger partial charge in [-0.2, -0.15) is 9.49 Å². The minimum Gasteiger partial charge on any atom is -0.399 e. The van der Waals surface area contributed by atoms with Crippen molar-refractivity contribution in [2.75, 3.05) is 12.4 Å².